The minimum Gasteiger partial charge on any atom is -0.265 e. The molecule has 0 atom stereocenters. The van der Waals surface area contributed by atoms with Crippen molar-refractivity contribution in [2.45, 2.75) is 27.7 Å². The first-order valence-corrected chi connectivity index (χ1v) is 6.96. The van der Waals surface area contributed by atoms with Gasteiger partial charge in [-0.25, -0.2) is 0 Å². The number of rotatable bonds is 5. The smallest absolute Gasteiger partial charge is 0.0339 e. The van der Waals surface area contributed by atoms with Gasteiger partial charge in [-0.15, -0.1) is 11.3 Å². The van der Waals surface area contributed by atoms with Crippen LogP contribution in [0.15, 0.2) is 47.6 Å². The summed E-state index contributed by atoms with van der Waals surface area (Å²) in [4.78, 5) is 7.03. The number of thiophene rings is 1. The van der Waals surface area contributed by atoms with Crippen LogP contribution in [0.1, 0.15) is 30.5 Å². The summed E-state index contributed by atoms with van der Waals surface area (Å²) in [5, 5.41) is 0. The van der Waals surface area contributed by atoms with E-state index in [2.05, 4.69) is 56.6 Å². The number of hydrogen-bond donors (Lipinski definition) is 0. The van der Waals surface area contributed by atoms with E-state index in [0.717, 1.165) is 11.3 Å². The highest BCUT2D eigenvalue weighted by Gasteiger charge is 1.95. The summed E-state index contributed by atoms with van der Waals surface area (Å²) in [5.74, 6) is 0.483. The third kappa shape index (κ3) is 4.84. The van der Waals surface area contributed by atoms with E-state index in [9.17, 15) is 0 Å². The summed E-state index contributed by atoms with van der Waals surface area (Å²) in [6.07, 6.45) is 7.86. The van der Waals surface area contributed by atoms with Gasteiger partial charge in [0.2, 0.25) is 0 Å². The fourth-order valence-electron chi connectivity index (χ4n) is 1.21. The topological polar surface area (TPSA) is 12.4 Å². The van der Waals surface area contributed by atoms with Crippen molar-refractivity contribution >= 4 is 23.1 Å². The maximum Gasteiger partial charge on any atom is 0.0339 e. The van der Waals surface area contributed by atoms with Crippen molar-refractivity contribution in [2.24, 2.45) is 10.9 Å². The Hall–Kier alpha value is -1.41. The van der Waals surface area contributed by atoms with Gasteiger partial charge in [0.1, 0.15) is 0 Å². The summed E-state index contributed by atoms with van der Waals surface area (Å²) < 4.78 is 0. The van der Waals surface area contributed by atoms with Crippen LogP contribution in [0.5, 0.6) is 0 Å². The van der Waals surface area contributed by atoms with Gasteiger partial charge in [0.25, 0.3) is 0 Å². The van der Waals surface area contributed by atoms with Crippen molar-refractivity contribution in [1.29, 1.82) is 0 Å². The van der Waals surface area contributed by atoms with Gasteiger partial charge in [0, 0.05) is 21.7 Å². The molecule has 0 saturated carbocycles. The van der Waals surface area contributed by atoms with Gasteiger partial charge in [-0.1, -0.05) is 32.6 Å². The lowest BCUT2D eigenvalue weighted by molar-refractivity contribution is 0.878. The van der Waals surface area contributed by atoms with Crippen LogP contribution < -0.4 is 0 Å². The van der Waals surface area contributed by atoms with Crippen molar-refractivity contribution in [3.63, 3.8) is 0 Å². The zero-order valence-corrected chi connectivity index (χ0v) is 12.4. The molecule has 0 aliphatic carbocycles. The molecule has 0 bridgehead atoms. The lowest BCUT2D eigenvalue weighted by Crippen LogP contribution is -2.00. The van der Waals surface area contributed by atoms with E-state index in [1.165, 1.54) is 9.75 Å². The quantitative estimate of drug-likeness (QED) is 0.505. The molecule has 0 aromatic carbocycles. The summed E-state index contributed by atoms with van der Waals surface area (Å²) in [7, 11) is 0. The minimum atomic E-state index is 0.483. The first-order chi connectivity index (χ1) is 8.52. The van der Waals surface area contributed by atoms with Gasteiger partial charge >= 0.3 is 0 Å². The second kappa shape index (κ2) is 7.12. The Balaban J connectivity index is 2.79. The fourth-order valence-corrected chi connectivity index (χ4v) is 1.99. The van der Waals surface area contributed by atoms with Crippen LogP contribution in [0.3, 0.4) is 0 Å². The van der Waals surface area contributed by atoms with Crippen LogP contribution >= 0.6 is 11.3 Å². The number of nitrogens with zero attached hydrogens (tertiary/aromatic N) is 1. The fraction of sp³-hybridized carbons (Fsp3) is 0.312. The van der Waals surface area contributed by atoms with E-state index >= 15 is 0 Å². The highest BCUT2D eigenvalue weighted by molar-refractivity contribution is 7.12. The zero-order chi connectivity index (χ0) is 13.5. The molecule has 1 rings (SSSR count). The van der Waals surface area contributed by atoms with Crippen LogP contribution in [0.25, 0.3) is 6.08 Å². The van der Waals surface area contributed by atoms with E-state index in [-0.39, 0.29) is 0 Å². The molecule has 0 aliphatic heterocycles. The summed E-state index contributed by atoms with van der Waals surface area (Å²) in [5.41, 5.74) is 2.16. The Morgan fingerprint density at radius 3 is 2.61 bits per heavy atom. The van der Waals surface area contributed by atoms with E-state index in [4.69, 9.17) is 0 Å². The van der Waals surface area contributed by atoms with Gasteiger partial charge in [-0.3, -0.25) is 4.99 Å². The molecule has 2 heteroatoms. The monoisotopic (exact) mass is 259 g/mol. The summed E-state index contributed by atoms with van der Waals surface area (Å²) in [6.45, 7) is 12.3. The van der Waals surface area contributed by atoms with E-state index in [1.54, 1.807) is 11.3 Å². The predicted octanol–water partition coefficient (Wildman–Crippen LogP) is 5.26. The summed E-state index contributed by atoms with van der Waals surface area (Å²) >= 11 is 1.79. The van der Waals surface area contributed by atoms with Gasteiger partial charge in [-0.05, 0) is 43.5 Å². The lowest BCUT2D eigenvalue weighted by Gasteiger charge is -2.01. The van der Waals surface area contributed by atoms with E-state index < -0.39 is 0 Å². The lowest BCUT2D eigenvalue weighted by atomic mass is 10.1. The first kappa shape index (κ1) is 14.7. The van der Waals surface area contributed by atoms with Crippen molar-refractivity contribution in [1.82, 2.24) is 0 Å². The van der Waals surface area contributed by atoms with Crippen molar-refractivity contribution in [2.75, 3.05) is 0 Å². The van der Waals surface area contributed by atoms with Crippen LogP contribution in [-0.2, 0) is 0 Å². The molecule has 0 fully saturated rings. The second-order valence-electron chi connectivity index (χ2n) is 4.54. The Morgan fingerprint density at radius 1 is 1.39 bits per heavy atom. The molecule has 96 valence electrons. The Kier molecular flexibility index (Phi) is 5.79. The molecular formula is C16H21NS. The minimum absolute atomic E-state index is 0.483. The Bertz CT molecular complexity index is 487. The molecular weight excluding hydrogens is 238 g/mol. The maximum atomic E-state index is 4.45. The number of aliphatic imine (C=N–C) groups is 1. The maximum absolute atomic E-state index is 4.45. The number of hydrogen-bond acceptors (Lipinski definition) is 2. The van der Waals surface area contributed by atoms with Gasteiger partial charge in [0.15, 0.2) is 0 Å². The molecule has 1 nitrogen and oxygen atoms in total. The molecule has 18 heavy (non-hydrogen) atoms. The van der Waals surface area contributed by atoms with Crippen molar-refractivity contribution in [3.8, 4) is 0 Å². The van der Waals surface area contributed by atoms with Crippen LogP contribution in [0.2, 0.25) is 0 Å². The largest absolute Gasteiger partial charge is 0.265 e. The molecule has 0 radical (unpaired) electrons. The predicted molar refractivity (Wildman–Crippen MR) is 84.3 cm³/mol. The van der Waals surface area contributed by atoms with E-state index in [1.807, 2.05) is 19.2 Å². The van der Waals surface area contributed by atoms with Crippen molar-refractivity contribution < 1.29 is 0 Å². The zero-order valence-electron chi connectivity index (χ0n) is 11.6. The third-order valence-electron chi connectivity index (χ3n) is 2.69. The highest BCUT2D eigenvalue weighted by atomic mass is 32.1. The SMILES string of the molecule is C=CC(/C=C/c1ccc(C)s1)=C\N=C(C)C(C)C. The molecule has 0 saturated heterocycles. The standard InChI is InChI=1S/C16H21NS/c1-6-15(11-17-14(5)12(2)3)8-10-16-9-7-13(4)18-16/h6-12H,1H2,2-5H3/b10-8+,15-11+,17-14?. The normalized spacial score (nSPS) is 13.6. The average molecular weight is 259 g/mol. The number of aryl methyl sites for hydroxylation is 1. The van der Waals surface area contributed by atoms with Gasteiger partial charge in [0.05, 0.1) is 0 Å². The van der Waals surface area contributed by atoms with Crippen LogP contribution in [-0.4, -0.2) is 5.71 Å². The van der Waals surface area contributed by atoms with Gasteiger partial charge in [-0.2, -0.15) is 0 Å². The average Bonchev–Trinajstić information content (AvgIpc) is 2.74. The first-order valence-electron chi connectivity index (χ1n) is 6.14. The molecule has 1 aromatic heterocycles. The second-order valence-corrected chi connectivity index (χ2v) is 5.86. The highest BCUT2D eigenvalue weighted by Crippen LogP contribution is 2.17. The number of allylic oxidation sites excluding steroid dienone is 3. The molecule has 1 heterocycles. The van der Waals surface area contributed by atoms with Crippen molar-refractivity contribution in [3.05, 3.63) is 52.4 Å². The van der Waals surface area contributed by atoms with Gasteiger partial charge < -0.3 is 0 Å². The van der Waals surface area contributed by atoms with Crippen LogP contribution in [0.4, 0.5) is 0 Å². The molecule has 0 aliphatic rings. The Labute approximate surface area is 114 Å². The summed E-state index contributed by atoms with van der Waals surface area (Å²) in [6, 6.07) is 4.25. The molecule has 0 amide bonds. The molecule has 0 unspecified atom stereocenters. The molecule has 0 spiro atoms. The Morgan fingerprint density at radius 2 is 2.11 bits per heavy atom. The van der Waals surface area contributed by atoms with Crippen LogP contribution in [0, 0.1) is 12.8 Å². The third-order valence-corrected chi connectivity index (χ3v) is 3.66. The molecule has 0 N–H and O–H groups in total. The van der Waals surface area contributed by atoms with E-state index in [0.29, 0.717) is 5.92 Å². The molecule has 1 aromatic rings.